The zero-order chi connectivity index (χ0) is 22.8. The van der Waals surface area contributed by atoms with E-state index in [1.807, 2.05) is 12.1 Å². The molecular weight excluding hydrogens is 391 g/mol. The van der Waals surface area contributed by atoms with Gasteiger partial charge >= 0.3 is 7.12 Å². The molecule has 0 heterocycles. The van der Waals surface area contributed by atoms with E-state index < -0.39 is 7.12 Å². The van der Waals surface area contributed by atoms with E-state index >= 15 is 0 Å². The average molecular weight is 434 g/mol. The van der Waals surface area contributed by atoms with Crippen LogP contribution in [0.4, 0.5) is 0 Å². The smallest absolute Gasteiger partial charge is 0.423 e. The van der Waals surface area contributed by atoms with Gasteiger partial charge in [0.1, 0.15) is 0 Å². The maximum Gasteiger partial charge on any atom is 0.488 e. The minimum absolute atomic E-state index is 0.0698. The Hall–Kier alpha value is -1.58. The number of hydrogen-bond acceptors (Lipinski definition) is 2. The van der Waals surface area contributed by atoms with E-state index in [1.54, 1.807) is 0 Å². The van der Waals surface area contributed by atoms with Gasteiger partial charge in [0.25, 0.3) is 0 Å². The normalized spacial score (nSPS) is 13.8. The van der Waals surface area contributed by atoms with Gasteiger partial charge in [0, 0.05) is 5.41 Å². The van der Waals surface area contributed by atoms with Crippen LogP contribution < -0.4 is 5.46 Å². The van der Waals surface area contributed by atoms with Crippen molar-refractivity contribution >= 4 is 12.6 Å². The Bertz CT molecular complexity index is 814. The zero-order valence-electron chi connectivity index (χ0n) is 20.4. The minimum Gasteiger partial charge on any atom is -0.423 e. The fourth-order valence-corrected chi connectivity index (χ4v) is 5.72. The summed E-state index contributed by atoms with van der Waals surface area (Å²) in [5.41, 5.74) is 6.03. The summed E-state index contributed by atoms with van der Waals surface area (Å²) < 4.78 is 0. The van der Waals surface area contributed by atoms with Gasteiger partial charge in [0.15, 0.2) is 0 Å². The average Bonchev–Trinajstić information content (AvgIpc) is 3.08. The molecule has 0 atom stereocenters. The highest BCUT2D eigenvalue weighted by Gasteiger charge is 2.42. The molecule has 0 aromatic heterocycles. The molecule has 3 heteroatoms. The molecular formula is C29H43BO2. The van der Waals surface area contributed by atoms with Crippen LogP contribution in [0.1, 0.15) is 115 Å². The Labute approximate surface area is 196 Å². The summed E-state index contributed by atoms with van der Waals surface area (Å²) in [4.78, 5) is 0. The summed E-state index contributed by atoms with van der Waals surface area (Å²) in [5.74, 6) is 0. The van der Waals surface area contributed by atoms with Gasteiger partial charge in [0.2, 0.25) is 0 Å². The molecule has 0 radical (unpaired) electrons. The Balaban J connectivity index is 1.85. The number of benzene rings is 2. The molecule has 32 heavy (non-hydrogen) atoms. The van der Waals surface area contributed by atoms with Crippen LogP contribution in [0.15, 0.2) is 42.5 Å². The molecule has 0 bridgehead atoms. The van der Waals surface area contributed by atoms with Crippen LogP contribution >= 0.6 is 0 Å². The number of fused-ring (bicyclic) bond motifs is 3. The fraction of sp³-hybridized carbons (Fsp3) is 0.586. The van der Waals surface area contributed by atoms with Gasteiger partial charge in [-0.05, 0) is 40.6 Å². The van der Waals surface area contributed by atoms with Gasteiger partial charge in [-0.25, -0.2) is 0 Å². The highest BCUT2D eigenvalue weighted by atomic mass is 16.4. The minimum atomic E-state index is -1.42. The highest BCUT2D eigenvalue weighted by Crippen LogP contribution is 2.53. The van der Waals surface area contributed by atoms with Gasteiger partial charge in [-0.3, -0.25) is 0 Å². The predicted molar refractivity (Wildman–Crippen MR) is 138 cm³/mol. The van der Waals surface area contributed by atoms with E-state index in [9.17, 15) is 10.0 Å². The molecule has 0 saturated heterocycles. The van der Waals surface area contributed by atoms with Crippen molar-refractivity contribution < 1.29 is 10.0 Å². The molecule has 3 rings (SSSR count). The third-order valence-corrected chi connectivity index (χ3v) is 7.50. The van der Waals surface area contributed by atoms with Crippen molar-refractivity contribution in [1.29, 1.82) is 0 Å². The second-order valence-electron chi connectivity index (χ2n) is 9.84. The Kier molecular flexibility index (Phi) is 9.87. The quantitative estimate of drug-likeness (QED) is 0.231. The van der Waals surface area contributed by atoms with Crippen molar-refractivity contribution in [3.63, 3.8) is 0 Å². The first-order chi connectivity index (χ1) is 15.6. The predicted octanol–water partition coefficient (Wildman–Crippen LogP) is 7.13. The van der Waals surface area contributed by atoms with Crippen molar-refractivity contribution in [2.24, 2.45) is 0 Å². The van der Waals surface area contributed by atoms with Gasteiger partial charge in [-0.2, -0.15) is 0 Å². The Morgan fingerprint density at radius 2 is 1.16 bits per heavy atom. The number of unbranched alkanes of at least 4 members (excludes halogenated alkanes) is 10. The van der Waals surface area contributed by atoms with Crippen LogP contribution in [-0.4, -0.2) is 17.2 Å². The lowest BCUT2D eigenvalue weighted by atomic mass is 9.70. The van der Waals surface area contributed by atoms with E-state index in [-0.39, 0.29) is 5.41 Å². The summed E-state index contributed by atoms with van der Waals surface area (Å²) in [7, 11) is -1.42. The third kappa shape index (κ3) is 5.86. The number of rotatable bonds is 15. The topological polar surface area (TPSA) is 40.5 Å². The van der Waals surface area contributed by atoms with Gasteiger partial charge in [0.05, 0.1) is 0 Å². The first-order valence-corrected chi connectivity index (χ1v) is 13.2. The van der Waals surface area contributed by atoms with E-state index in [0.717, 1.165) is 0 Å². The largest absolute Gasteiger partial charge is 0.488 e. The maximum absolute atomic E-state index is 9.78. The first kappa shape index (κ1) is 25.1. The van der Waals surface area contributed by atoms with Crippen molar-refractivity contribution in [2.45, 2.75) is 109 Å². The molecule has 2 aromatic carbocycles. The Morgan fingerprint density at radius 1 is 0.625 bits per heavy atom. The van der Waals surface area contributed by atoms with Crippen LogP contribution in [0, 0.1) is 0 Å². The van der Waals surface area contributed by atoms with Gasteiger partial charge in [-0.1, -0.05) is 133 Å². The van der Waals surface area contributed by atoms with Crippen molar-refractivity contribution in [1.82, 2.24) is 0 Å². The highest BCUT2D eigenvalue weighted by molar-refractivity contribution is 6.58. The second kappa shape index (κ2) is 12.6. The molecule has 0 spiro atoms. The molecule has 2 aromatic rings. The fourth-order valence-electron chi connectivity index (χ4n) is 5.72. The van der Waals surface area contributed by atoms with Crippen LogP contribution in [-0.2, 0) is 5.41 Å². The molecule has 0 saturated carbocycles. The molecule has 1 aliphatic rings. The molecule has 1 aliphatic carbocycles. The van der Waals surface area contributed by atoms with Crippen LogP contribution in [0.2, 0.25) is 0 Å². The summed E-state index contributed by atoms with van der Waals surface area (Å²) in [6.45, 7) is 4.55. The molecule has 0 aliphatic heterocycles. The van der Waals surface area contributed by atoms with Crippen LogP contribution in [0.3, 0.4) is 0 Å². The standard InChI is InChI=1S/C29H43BO2/c1-3-5-7-9-11-15-21-29(22-16-12-10-8-6-4-2)27-18-14-13-17-25(27)26-23-24(30(31)32)19-20-28(26)29/h13-14,17-20,23,31-32H,3-12,15-16,21-22H2,1-2H3. The van der Waals surface area contributed by atoms with Crippen LogP contribution in [0.5, 0.6) is 0 Å². The molecule has 2 nitrogen and oxygen atoms in total. The van der Waals surface area contributed by atoms with E-state index in [1.165, 1.54) is 112 Å². The molecule has 174 valence electrons. The monoisotopic (exact) mass is 434 g/mol. The van der Waals surface area contributed by atoms with Crippen molar-refractivity contribution in [3.05, 3.63) is 53.6 Å². The van der Waals surface area contributed by atoms with Crippen molar-refractivity contribution in [2.75, 3.05) is 0 Å². The zero-order valence-corrected chi connectivity index (χ0v) is 20.4. The lowest BCUT2D eigenvalue weighted by Crippen LogP contribution is -2.31. The summed E-state index contributed by atoms with van der Waals surface area (Å²) in [6, 6.07) is 15.0. The van der Waals surface area contributed by atoms with E-state index in [0.29, 0.717) is 5.46 Å². The first-order valence-electron chi connectivity index (χ1n) is 13.2. The van der Waals surface area contributed by atoms with E-state index in [4.69, 9.17) is 0 Å². The number of hydrogen-bond donors (Lipinski definition) is 2. The van der Waals surface area contributed by atoms with Crippen molar-refractivity contribution in [3.8, 4) is 11.1 Å². The van der Waals surface area contributed by atoms with Gasteiger partial charge in [-0.15, -0.1) is 0 Å². The second-order valence-corrected chi connectivity index (χ2v) is 9.84. The van der Waals surface area contributed by atoms with Crippen LogP contribution in [0.25, 0.3) is 11.1 Å². The summed E-state index contributed by atoms with van der Waals surface area (Å²) in [5, 5.41) is 19.6. The molecule has 2 N–H and O–H groups in total. The van der Waals surface area contributed by atoms with Gasteiger partial charge < -0.3 is 10.0 Å². The lowest BCUT2D eigenvalue weighted by molar-refractivity contribution is 0.397. The van der Waals surface area contributed by atoms with E-state index in [2.05, 4.69) is 44.2 Å². The third-order valence-electron chi connectivity index (χ3n) is 7.50. The summed E-state index contributed by atoms with van der Waals surface area (Å²) in [6.07, 6.45) is 18.2. The summed E-state index contributed by atoms with van der Waals surface area (Å²) >= 11 is 0. The molecule has 0 amide bonds. The SMILES string of the molecule is CCCCCCCCC1(CCCCCCCC)c2ccccc2-c2cc(B(O)O)ccc21. The Morgan fingerprint density at radius 3 is 1.75 bits per heavy atom. The molecule has 0 unspecified atom stereocenters. The molecule has 0 fully saturated rings. The maximum atomic E-state index is 9.78. The lowest BCUT2D eigenvalue weighted by Gasteiger charge is -2.33.